The minimum Gasteiger partial charge on any atom is -0.307 e. The van der Waals surface area contributed by atoms with Crippen LogP contribution in [-0.2, 0) is 0 Å². The van der Waals surface area contributed by atoms with Crippen molar-refractivity contribution in [3.05, 3.63) is 0 Å². The lowest BCUT2D eigenvalue weighted by Gasteiger charge is -2.13. The molecule has 0 fully saturated rings. The molecule has 0 aliphatic rings. The zero-order chi connectivity index (χ0) is 10.9. The average molecular weight is 188 g/mol. The molecule has 0 aromatic rings. The van der Waals surface area contributed by atoms with E-state index in [2.05, 4.69) is 58.5 Å². The Morgan fingerprint density at radius 2 is 1.08 bits per heavy atom. The topological polar surface area (TPSA) is 6.48 Å². The SMILES string of the molecule is CC(C)N(C)C.CCN(CC)CC. The highest BCUT2D eigenvalue weighted by molar-refractivity contribution is 4.46. The van der Waals surface area contributed by atoms with Crippen LogP contribution in [0.25, 0.3) is 0 Å². The predicted octanol–water partition coefficient (Wildman–Crippen LogP) is 2.30. The van der Waals surface area contributed by atoms with Gasteiger partial charge >= 0.3 is 0 Å². The molecule has 0 rings (SSSR count). The van der Waals surface area contributed by atoms with Crippen molar-refractivity contribution >= 4 is 0 Å². The monoisotopic (exact) mass is 188 g/mol. The van der Waals surface area contributed by atoms with Crippen molar-refractivity contribution in [1.29, 1.82) is 0 Å². The van der Waals surface area contributed by atoms with Gasteiger partial charge in [0.05, 0.1) is 0 Å². The molecule has 0 aromatic heterocycles. The van der Waals surface area contributed by atoms with E-state index in [0.717, 1.165) is 0 Å². The van der Waals surface area contributed by atoms with E-state index in [4.69, 9.17) is 0 Å². The smallest absolute Gasteiger partial charge is 0.00324 e. The second kappa shape index (κ2) is 10.0. The van der Waals surface area contributed by atoms with Crippen molar-refractivity contribution in [3.63, 3.8) is 0 Å². The van der Waals surface area contributed by atoms with Gasteiger partial charge in [0.15, 0.2) is 0 Å². The summed E-state index contributed by atoms with van der Waals surface area (Å²) < 4.78 is 0. The largest absolute Gasteiger partial charge is 0.307 e. The number of hydrogen-bond donors (Lipinski definition) is 0. The summed E-state index contributed by atoms with van der Waals surface area (Å²) in [7, 11) is 4.15. The minimum absolute atomic E-state index is 0.685. The molecular weight excluding hydrogens is 160 g/mol. The first-order valence-corrected chi connectivity index (χ1v) is 5.38. The van der Waals surface area contributed by atoms with Crippen LogP contribution in [0.15, 0.2) is 0 Å². The molecule has 0 unspecified atom stereocenters. The summed E-state index contributed by atoms with van der Waals surface area (Å²) in [6.45, 7) is 14.5. The molecule has 0 bridgehead atoms. The van der Waals surface area contributed by atoms with Gasteiger partial charge in [-0.25, -0.2) is 0 Å². The molecular formula is C11H28N2. The zero-order valence-electron chi connectivity index (χ0n) is 10.6. The fraction of sp³-hybridized carbons (Fsp3) is 1.00. The Hall–Kier alpha value is -0.0800. The van der Waals surface area contributed by atoms with Crippen LogP contribution in [0.3, 0.4) is 0 Å². The number of hydrogen-bond acceptors (Lipinski definition) is 2. The Balaban J connectivity index is 0. The van der Waals surface area contributed by atoms with E-state index in [0.29, 0.717) is 6.04 Å². The van der Waals surface area contributed by atoms with Gasteiger partial charge in [-0.1, -0.05) is 20.8 Å². The first kappa shape index (κ1) is 15.4. The lowest BCUT2D eigenvalue weighted by atomic mass is 10.4. The normalized spacial score (nSPS) is 10.6. The second-order valence-electron chi connectivity index (χ2n) is 3.68. The molecule has 0 amide bonds. The lowest BCUT2D eigenvalue weighted by molar-refractivity contribution is 0.321. The van der Waals surface area contributed by atoms with Crippen LogP contribution in [0.5, 0.6) is 0 Å². The fourth-order valence-electron chi connectivity index (χ4n) is 0.671. The van der Waals surface area contributed by atoms with Crippen LogP contribution in [0.4, 0.5) is 0 Å². The molecule has 0 N–H and O–H groups in total. The molecule has 82 valence electrons. The summed E-state index contributed by atoms with van der Waals surface area (Å²) in [5.74, 6) is 0. The molecule has 2 heteroatoms. The Morgan fingerprint density at radius 1 is 0.846 bits per heavy atom. The van der Waals surface area contributed by atoms with Crippen molar-refractivity contribution in [2.45, 2.75) is 40.7 Å². The van der Waals surface area contributed by atoms with Gasteiger partial charge in [0.2, 0.25) is 0 Å². The summed E-state index contributed by atoms with van der Waals surface area (Å²) in [4.78, 5) is 4.54. The Morgan fingerprint density at radius 3 is 1.08 bits per heavy atom. The summed E-state index contributed by atoms with van der Waals surface area (Å²) in [6, 6.07) is 0.685. The number of rotatable bonds is 4. The van der Waals surface area contributed by atoms with Crippen molar-refractivity contribution in [2.24, 2.45) is 0 Å². The minimum atomic E-state index is 0.685. The molecule has 0 saturated carbocycles. The molecule has 0 heterocycles. The average Bonchev–Trinajstić information content (AvgIpc) is 2.08. The van der Waals surface area contributed by atoms with Gasteiger partial charge in [-0.05, 0) is 47.6 Å². The van der Waals surface area contributed by atoms with Gasteiger partial charge in [0.1, 0.15) is 0 Å². The molecule has 0 aliphatic heterocycles. The van der Waals surface area contributed by atoms with Gasteiger partial charge in [0.25, 0.3) is 0 Å². The van der Waals surface area contributed by atoms with E-state index in [9.17, 15) is 0 Å². The first-order chi connectivity index (χ1) is 5.99. The predicted molar refractivity (Wildman–Crippen MR) is 62.3 cm³/mol. The maximum absolute atomic E-state index is 2.38. The van der Waals surface area contributed by atoms with Gasteiger partial charge in [-0.3, -0.25) is 0 Å². The van der Waals surface area contributed by atoms with Crippen molar-refractivity contribution in [3.8, 4) is 0 Å². The van der Waals surface area contributed by atoms with E-state index in [1.807, 2.05) is 0 Å². The third-order valence-electron chi connectivity index (χ3n) is 2.37. The highest BCUT2D eigenvalue weighted by Gasteiger charge is 1.90. The van der Waals surface area contributed by atoms with Crippen LogP contribution >= 0.6 is 0 Å². The Labute approximate surface area is 84.9 Å². The molecule has 0 radical (unpaired) electrons. The lowest BCUT2D eigenvalue weighted by Crippen LogP contribution is -2.21. The molecule has 0 aliphatic carbocycles. The molecule has 13 heavy (non-hydrogen) atoms. The van der Waals surface area contributed by atoms with Crippen molar-refractivity contribution in [1.82, 2.24) is 9.80 Å². The highest BCUT2D eigenvalue weighted by atomic mass is 15.1. The van der Waals surface area contributed by atoms with Crippen LogP contribution in [0, 0.1) is 0 Å². The molecule has 0 atom stereocenters. The van der Waals surface area contributed by atoms with E-state index in [1.54, 1.807) is 0 Å². The second-order valence-corrected chi connectivity index (χ2v) is 3.68. The standard InChI is InChI=1S/C6H15N.C5H13N/c1-4-7(5-2)6-3;1-5(2)6(3)4/h4-6H2,1-3H3;5H,1-4H3. The Kier molecular flexibility index (Phi) is 11.8. The Bertz CT molecular complexity index is 74.6. The molecule has 0 saturated heterocycles. The molecule has 2 nitrogen and oxygen atoms in total. The van der Waals surface area contributed by atoms with Gasteiger partial charge in [0, 0.05) is 6.04 Å². The highest BCUT2D eigenvalue weighted by Crippen LogP contribution is 1.84. The number of nitrogens with zero attached hydrogens (tertiary/aromatic N) is 2. The zero-order valence-corrected chi connectivity index (χ0v) is 10.6. The quantitative estimate of drug-likeness (QED) is 0.668. The molecule has 0 spiro atoms. The summed E-state index contributed by atoms with van der Waals surface area (Å²) in [6.07, 6.45) is 0. The van der Waals surface area contributed by atoms with Crippen LogP contribution in [0.1, 0.15) is 34.6 Å². The fourth-order valence-corrected chi connectivity index (χ4v) is 0.671. The van der Waals surface area contributed by atoms with Gasteiger partial charge in [-0.2, -0.15) is 0 Å². The third-order valence-corrected chi connectivity index (χ3v) is 2.37. The summed E-state index contributed by atoms with van der Waals surface area (Å²) >= 11 is 0. The van der Waals surface area contributed by atoms with E-state index in [1.165, 1.54) is 19.6 Å². The van der Waals surface area contributed by atoms with E-state index < -0.39 is 0 Å². The van der Waals surface area contributed by atoms with Gasteiger partial charge < -0.3 is 9.80 Å². The van der Waals surface area contributed by atoms with Crippen molar-refractivity contribution in [2.75, 3.05) is 33.7 Å². The molecule has 0 aromatic carbocycles. The van der Waals surface area contributed by atoms with Crippen LogP contribution in [-0.4, -0.2) is 49.6 Å². The maximum atomic E-state index is 2.38. The van der Waals surface area contributed by atoms with Crippen molar-refractivity contribution < 1.29 is 0 Å². The third kappa shape index (κ3) is 11.9. The summed E-state index contributed by atoms with van der Waals surface area (Å²) in [5.41, 5.74) is 0. The summed E-state index contributed by atoms with van der Waals surface area (Å²) in [5, 5.41) is 0. The maximum Gasteiger partial charge on any atom is 0.00324 e. The first-order valence-electron chi connectivity index (χ1n) is 5.38. The van der Waals surface area contributed by atoms with E-state index in [-0.39, 0.29) is 0 Å². The van der Waals surface area contributed by atoms with Crippen LogP contribution < -0.4 is 0 Å². The van der Waals surface area contributed by atoms with E-state index >= 15 is 0 Å². The van der Waals surface area contributed by atoms with Crippen LogP contribution in [0.2, 0.25) is 0 Å². The van der Waals surface area contributed by atoms with Gasteiger partial charge in [-0.15, -0.1) is 0 Å².